The predicted octanol–water partition coefficient (Wildman–Crippen LogP) is 2.09. The van der Waals surface area contributed by atoms with Gasteiger partial charge in [0.25, 0.3) is 0 Å². The van der Waals surface area contributed by atoms with Crippen LogP contribution in [0.15, 0.2) is 41.4 Å². The second kappa shape index (κ2) is 7.50. The van der Waals surface area contributed by atoms with E-state index >= 15 is 0 Å². The van der Waals surface area contributed by atoms with Gasteiger partial charge in [-0.3, -0.25) is 14.6 Å². The normalized spacial score (nSPS) is 31.0. The third kappa shape index (κ3) is 3.71. The first-order valence-electron chi connectivity index (χ1n) is 11.5. The maximum absolute atomic E-state index is 13.3. The van der Waals surface area contributed by atoms with Crippen molar-refractivity contribution in [3.05, 3.63) is 36.5 Å². The number of hydrogen-bond acceptors (Lipinski definition) is 5. The fourth-order valence-corrected chi connectivity index (χ4v) is 8.18. The Morgan fingerprint density at radius 2 is 1.76 bits per heavy atom. The summed E-state index contributed by atoms with van der Waals surface area (Å²) in [5.74, 6) is 0.284. The topological polar surface area (TPSA) is 131 Å². The highest BCUT2D eigenvalue weighted by Crippen LogP contribution is 2.59. The first-order valence-corrected chi connectivity index (χ1v) is 13.0. The molecule has 4 aliphatic rings. The Bertz CT molecular complexity index is 1220. The molecule has 4 aliphatic carbocycles. The molecule has 1 aromatic heterocycles. The molecule has 4 fully saturated rings. The molecule has 1 heterocycles. The lowest BCUT2D eigenvalue weighted by atomic mass is 9.47. The molecule has 4 N–H and O–H groups in total. The zero-order chi connectivity index (χ0) is 23.6. The number of nitrogens with one attached hydrogen (secondary N) is 2. The van der Waals surface area contributed by atoms with Crippen LogP contribution in [0, 0.1) is 23.2 Å². The van der Waals surface area contributed by atoms with Crippen LogP contribution in [0.3, 0.4) is 0 Å². The van der Waals surface area contributed by atoms with E-state index in [0.717, 1.165) is 19.3 Å². The molecular weight excluding hydrogens is 440 g/mol. The van der Waals surface area contributed by atoms with E-state index < -0.39 is 21.0 Å². The van der Waals surface area contributed by atoms with Crippen molar-refractivity contribution in [2.24, 2.45) is 28.9 Å². The summed E-state index contributed by atoms with van der Waals surface area (Å²) in [6, 6.07) is 8.43. The number of carbonyl (C=O) groups excluding carboxylic acids is 2. The first-order chi connectivity index (χ1) is 15.5. The van der Waals surface area contributed by atoms with E-state index in [0.29, 0.717) is 29.7 Å². The lowest BCUT2D eigenvalue weighted by Crippen LogP contribution is -2.65. The summed E-state index contributed by atoms with van der Waals surface area (Å²) in [6.07, 6.45) is 5.77. The molecule has 8 nitrogen and oxygen atoms in total. The van der Waals surface area contributed by atoms with Crippen LogP contribution >= 0.6 is 0 Å². The fourth-order valence-electron chi connectivity index (χ4n) is 6.62. The monoisotopic (exact) mass is 470 g/mol. The van der Waals surface area contributed by atoms with Gasteiger partial charge in [-0.15, -0.1) is 0 Å². The first kappa shape index (κ1) is 22.3. The lowest BCUT2D eigenvalue weighted by molar-refractivity contribution is -0.148. The van der Waals surface area contributed by atoms with Crippen molar-refractivity contribution in [3.63, 3.8) is 0 Å². The predicted molar refractivity (Wildman–Crippen MR) is 123 cm³/mol. The number of pyridine rings is 1. The number of nitrogens with zero attached hydrogens (tertiary/aromatic N) is 1. The molecule has 0 saturated heterocycles. The molecule has 176 valence electrons. The van der Waals surface area contributed by atoms with Gasteiger partial charge in [0.05, 0.1) is 5.52 Å². The van der Waals surface area contributed by atoms with Crippen molar-refractivity contribution < 1.29 is 18.0 Å². The van der Waals surface area contributed by atoms with E-state index in [4.69, 9.17) is 5.73 Å². The fraction of sp³-hybridized carbons (Fsp3) is 0.542. The van der Waals surface area contributed by atoms with Gasteiger partial charge in [-0.2, -0.15) is 4.72 Å². The van der Waals surface area contributed by atoms with Crippen LogP contribution in [-0.4, -0.2) is 36.8 Å². The van der Waals surface area contributed by atoms with Gasteiger partial charge in [-0.1, -0.05) is 18.2 Å². The average molecular weight is 471 g/mol. The lowest BCUT2D eigenvalue weighted by Gasteiger charge is -2.59. The molecule has 0 aliphatic heterocycles. The van der Waals surface area contributed by atoms with E-state index in [-0.39, 0.29) is 34.6 Å². The van der Waals surface area contributed by atoms with Gasteiger partial charge in [0, 0.05) is 23.0 Å². The molecule has 2 atom stereocenters. The number of para-hydroxylation sites is 1. The van der Waals surface area contributed by atoms with Gasteiger partial charge >= 0.3 is 0 Å². The maximum Gasteiger partial charge on any atom is 0.243 e. The van der Waals surface area contributed by atoms with E-state index in [9.17, 15) is 18.0 Å². The molecule has 0 radical (unpaired) electrons. The molecule has 2 unspecified atom stereocenters. The van der Waals surface area contributed by atoms with Crippen LogP contribution in [0.4, 0.5) is 0 Å². The van der Waals surface area contributed by atoms with Gasteiger partial charge in [0.15, 0.2) is 0 Å². The van der Waals surface area contributed by atoms with Crippen molar-refractivity contribution >= 4 is 32.7 Å². The molecule has 4 saturated carbocycles. The van der Waals surface area contributed by atoms with Crippen LogP contribution in [0.25, 0.3) is 10.9 Å². The van der Waals surface area contributed by atoms with E-state index in [1.54, 1.807) is 44.3 Å². The number of hydrogen-bond donors (Lipinski definition) is 3. The highest BCUT2D eigenvalue weighted by molar-refractivity contribution is 7.89. The molecule has 33 heavy (non-hydrogen) atoms. The van der Waals surface area contributed by atoms with Gasteiger partial charge < -0.3 is 11.1 Å². The van der Waals surface area contributed by atoms with E-state index in [2.05, 4.69) is 15.0 Å². The molecule has 4 bridgehead atoms. The van der Waals surface area contributed by atoms with Gasteiger partial charge in [0.2, 0.25) is 21.8 Å². The standard InChI is InChI=1S/C24H30N4O4S/c1-23(2,28-33(31,32)18-7-3-5-15-6-4-8-26-20(15)18)22(30)27-19-16-9-14-10-17(19)13-24(11-14,12-16)21(25)29/h3-8,14,16-17,19,28H,9-13H2,1-2H3,(H2,25,29)(H,27,30). The third-order valence-electron chi connectivity index (χ3n) is 7.94. The Kier molecular flexibility index (Phi) is 5.06. The van der Waals surface area contributed by atoms with Crippen LogP contribution < -0.4 is 15.8 Å². The summed E-state index contributed by atoms with van der Waals surface area (Å²) in [5, 5.41) is 3.84. The van der Waals surface area contributed by atoms with E-state index in [1.807, 2.05) is 0 Å². The van der Waals surface area contributed by atoms with Gasteiger partial charge in [-0.25, -0.2) is 8.42 Å². The van der Waals surface area contributed by atoms with E-state index in [1.165, 1.54) is 6.07 Å². The highest BCUT2D eigenvalue weighted by Gasteiger charge is 2.58. The Hall–Kier alpha value is -2.52. The number of nitrogens with two attached hydrogens (primary N) is 1. The molecule has 2 amide bonds. The van der Waals surface area contributed by atoms with Gasteiger partial charge in [-0.05, 0) is 75.8 Å². The summed E-state index contributed by atoms with van der Waals surface area (Å²) >= 11 is 0. The summed E-state index contributed by atoms with van der Waals surface area (Å²) in [6.45, 7) is 3.14. The quantitative estimate of drug-likeness (QED) is 0.595. The second-order valence-corrected chi connectivity index (χ2v) is 12.3. The Balaban J connectivity index is 1.34. The largest absolute Gasteiger partial charge is 0.369 e. The zero-order valence-corrected chi connectivity index (χ0v) is 19.7. The summed E-state index contributed by atoms with van der Waals surface area (Å²) in [4.78, 5) is 29.7. The van der Waals surface area contributed by atoms with Crippen LogP contribution in [0.2, 0.25) is 0 Å². The van der Waals surface area contributed by atoms with Crippen LogP contribution in [-0.2, 0) is 19.6 Å². The molecule has 9 heteroatoms. The van der Waals surface area contributed by atoms with Crippen molar-refractivity contribution in [1.82, 2.24) is 15.0 Å². The Morgan fingerprint density at radius 1 is 1.09 bits per heavy atom. The molecule has 0 spiro atoms. The SMILES string of the molecule is CC(C)(NS(=O)(=O)c1cccc2cccnc12)C(=O)NC1C2CC3CC1CC(C(N)=O)(C3)C2. The van der Waals surface area contributed by atoms with Crippen LogP contribution in [0.1, 0.15) is 46.0 Å². The molecule has 1 aromatic carbocycles. The molecular formula is C24H30N4O4S. The van der Waals surface area contributed by atoms with Crippen molar-refractivity contribution in [3.8, 4) is 0 Å². The van der Waals surface area contributed by atoms with Crippen molar-refractivity contribution in [1.29, 1.82) is 0 Å². The molecule has 2 aromatic rings. The van der Waals surface area contributed by atoms with Crippen molar-refractivity contribution in [2.75, 3.05) is 0 Å². The Morgan fingerprint density at radius 3 is 2.42 bits per heavy atom. The summed E-state index contributed by atoms with van der Waals surface area (Å²) in [7, 11) is -4.01. The third-order valence-corrected chi connectivity index (χ3v) is 9.62. The smallest absolute Gasteiger partial charge is 0.243 e. The summed E-state index contributed by atoms with van der Waals surface area (Å²) < 4.78 is 29.1. The minimum Gasteiger partial charge on any atom is -0.369 e. The molecule has 6 rings (SSSR count). The van der Waals surface area contributed by atoms with Gasteiger partial charge in [0.1, 0.15) is 10.4 Å². The minimum absolute atomic E-state index is 0.0412. The Labute approximate surface area is 193 Å². The minimum atomic E-state index is -4.01. The summed E-state index contributed by atoms with van der Waals surface area (Å²) in [5.41, 5.74) is 4.32. The average Bonchev–Trinajstić information content (AvgIpc) is 2.74. The second-order valence-electron chi connectivity index (χ2n) is 10.7. The highest BCUT2D eigenvalue weighted by atomic mass is 32.2. The maximum atomic E-state index is 13.3. The van der Waals surface area contributed by atoms with Crippen LogP contribution in [0.5, 0.6) is 0 Å². The number of rotatable bonds is 6. The number of amides is 2. The zero-order valence-electron chi connectivity index (χ0n) is 18.9. The number of carbonyl (C=O) groups is 2. The number of aromatic nitrogens is 1. The number of sulfonamides is 1. The number of primary amides is 1. The number of benzene rings is 1. The van der Waals surface area contributed by atoms with Crippen molar-refractivity contribution in [2.45, 2.75) is 62.4 Å². The number of fused-ring (bicyclic) bond motifs is 1.